The zero-order valence-electron chi connectivity index (χ0n) is 15.1. The number of hydrogen-bond acceptors (Lipinski definition) is 6. The normalized spacial score (nSPS) is 11.1. The highest BCUT2D eigenvalue weighted by atomic mass is 32.1. The van der Waals surface area contributed by atoms with Crippen LogP contribution in [-0.2, 0) is 0 Å². The number of nitrogens with zero attached hydrogens (tertiary/aromatic N) is 2. The lowest BCUT2D eigenvalue weighted by atomic mass is 10.1. The molecule has 0 fully saturated rings. The molecule has 2 heterocycles. The number of rotatable bonds is 6. The van der Waals surface area contributed by atoms with Crippen molar-refractivity contribution in [3.8, 4) is 26.8 Å². The molecule has 0 aliphatic heterocycles. The number of carboxylic acid groups (broad SMARTS) is 1. The molecule has 0 spiro atoms. The molecule has 7 heteroatoms. The highest BCUT2D eigenvalue weighted by molar-refractivity contribution is 7.17. The van der Waals surface area contributed by atoms with Gasteiger partial charge in [-0.15, -0.1) is 22.7 Å². The largest absolute Gasteiger partial charge is 0.493 e. The fourth-order valence-electron chi connectivity index (χ4n) is 2.44. The van der Waals surface area contributed by atoms with Gasteiger partial charge in [-0.1, -0.05) is 13.8 Å². The molecule has 136 valence electrons. The summed E-state index contributed by atoms with van der Waals surface area (Å²) in [6.07, 6.45) is 1.84. The Hall–Kier alpha value is -2.25. The van der Waals surface area contributed by atoms with E-state index in [2.05, 4.69) is 23.8 Å². The van der Waals surface area contributed by atoms with Gasteiger partial charge in [0.05, 0.1) is 22.2 Å². The maximum absolute atomic E-state index is 11.3. The molecule has 5 nitrogen and oxygen atoms in total. The van der Waals surface area contributed by atoms with E-state index in [1.165, 1.54) is 11.3 Å². The third kappa shape index (κ3) is 3.94. The Morgan fingerprint density at radius 3 is 2.62 bits per heavy atom. The third-order valence-corrected chi connectivity index (χ3v) is 5.82. The first-order valence-electron chi connectivity index (χ1n) is 8.26. The van der Waals surface area contributed by atoms with E-state index in [0.717, 1.165) is 26.8 Å². The predicted octanol–water partition coefficient (Wildman–Crippen LogP) is 5.28. The number of aromatic nitrogens is 2. The van der Waals surface area contributed by atoms with Gasteiger partial charge < -0.3 is 9.84 Å². The molecular weight excluding hydrogens is 368 g/mol. The summed E-state index contributed by atoms with van der Waals surface area (Å²) >= 11 is 2.79. The van der Waals surface area contributed by atoms with Gasteiger partial charge in [0.25, 0.3) is 0 Å². The van der Waals surface area contributed by atoms with Crippen LogP contribution in [-0.4, -0.2) is 27.7 Å². The van der Waals surface area contributed by atoms with Crippen molar-refractivity contribution in [2.45, 2.75) is 27.7 Å². The second-order valence-electron chi connectivity index (χ2n) is 6.40. The minimum atomic E-state index is -0.943. The van der Waals surface area contributed by atoms with Crippen molar-refractivity contribution in [3.63, 3.8) is 0 Å². The number of carboxylic acids is 1. The minimum Gasteiger partial charge on any atom is -0.493 e. The highest BCUT2D eigenvalue weighted by Gasteiger charge is 2.17. The standard InChI is InChI=1S/C19H20N2O3S2/c1-10(2)9-24-15-6-5-13(7-14(15)16-8-20-12(4)25-16)18-21-11(3)17(26-18)19(22)23/h5-8,10H,9H2,1-4H3,(H,22,23). The second-order valence-corrected chi connectivity index (χ2v) is 8.63. The number of ether oxygens (including phenoxy) is 1. The van der Waals surface area contributed by atoms with Gasteiger partial charge in [-0.2, -0.15) is 0 Å². The number of benzene rings is 1. The van der Waals surface area contributed by atoms with E-state index in [1.54, 1.807) is 18.3 Å². The molecule has 0 bridgehead atoms. The molecule has 1 aromatic carbocycles. The summed E-state index contributed by atoms with van der Waals surface area (Å²) in [4.78, 5) is 21.4. The van der Waals surface area contributed by atoms with Gasteiger partial charge in [-0.3, -0.25) is 0 Å². The van der Waals surface area contributed by atoms with Gasteiger partial charge in [0.2, 0.25) is 0 Å². The average Bonchev–Trinajstić information content (AvgIpc) is 3.18. The molecule has 0 unspecified atom stereocenters. The van der Waals surface area contributed by atoms with Crippen molar-refractivity contribution in [1.82, 2.24) is 9.97 Å². The number of hydrogen-bond donors (Lipinski definition) is 1. The van der Waals surface area contributed by atoms with Crippen molar-refractivity contribution >= 4 is 28.6 Å². The van der Waals surface area contributed by atoms with Crippen LogP contribution in [0.25, 0.3) is 21.0 Å². The Kier molecular flexibility index (Phi) is 5.38. The van der Waals surface area contributed by atoms with Gasteiger partial charge in [0, 0.05) is 17.3 Å². The van der Waals surface area contributed by atoms with Gasteiger partial charge in [-0.25, -0.2) is 14.8 Å². The van der Waals surface area contributed by atoms with Crippen LogP contribution in [0.1, 0.15) is 34.2 Å². The molecule has 0 atom stereocenters. The first-order valence-corrected chi connectivity index (χ1v) is 9.89. The zero-order chi connectivity index (χ0) is 18.8. The number of thiazole rings is 2. The molecule has 26 heavy (non-hydrogen) atoms. The van der Waals surface area contributed by atoms with Crippen molar-refractivity contribution in [2.24, 2.45) is 5.92 Å². The summed E-state index contributed by atoms with van der Waals surface area (Å²) in [5.74, 6) is 0.282. The highest BCUT2D eigenvalue weighted by Crippen LogP contribution is 2.38. The molecule has 1 N–H and O–H groups in total. The Balaban J connectivity index is 2.05. The summed E-state index contributed by atoms with van der Waals surface area (Å²) in [5, 5.41) is 10.9. The third-order valence-electron chi connectivity index (χ3n) is 3.68. The maximum Gasteiger partial charge on any atom is 0.347 e. The molecule has 0 saturated heterocycles. The first-order chi connectivity index (χ1) is 12.3. The molecule has 3 aromatic rings. The average molecular weight is 389 g/mol. The monoisotopic (exact) mass is 388 g/mol. The zero-order valence-corrected chi connectivity index (χ0v) is 16.7. The predicted molar refractivity (Wildman–Crippen MR) is 105 cm³/mol. The topological polar surface area (TPSA) is 72.3 Å². The summed E-state index contributed by atoms with van der Waals surface area (Å²) in [6, 6.07) is 5.86. The van der Waals surface area contributed by atoms with Crippen LogP contribution >= 0.6 is 22.7 Å². The number of carbonyl (C=O) groups is 1. The first kappa shape index (κ1) is 18.5. The minimum absolute atomic E-state index is 0.273. The lowest BCUT2D eigenvalue weighted by molar-refractivity contribution is 0.0701. The van der Waals surface area contributed by atoms with Gasteiger partial charge in [0.15, 0.2) is 0 Å². The fraction of sp³-hybridized carbons (Fsp3) is 0.316. The van der Waals surface area contributed by atoms with Crippen LogP contribution in [0.5, 0.6) is 5.75 Å². The van der Waals surface area contributed by atoms with Crippen LogP contribution in [0.3, 0.4) is 0 Å². The van der Waals surface area contributed by atoms with Crippen molar-refractivity contribution in [1.29, 1.82) is 0 Å². The Bertz CT molecular complexity index is 944. The van der Waals surface area contributed by atoms with E-state index < -0.39 is 5.97 Å². The van der Waals surface area contributed by atoms with Gasteiger partial charge >= 0.3 is 5.97 Å². The van der Waals surface area contributed by atoms with Crippen LogP contribution in [0.2, 0.25) is 0 Å². The van der Waals surface area contributed by atoms with Crippen LogP contribution in [0.15, 0.2) is 24.4 Å². The molecule has 2 aromatic heterocycles. The maximum atomic E-state index is 11.3. The lowest BCUT2D eigenvalue weighted by Gasteiger charge is -2.13. The summed E-state index contributed by atoms with van der Waals surface area (Å²) in [7, 11) is 0. The van der Waals surface area contributed by atoms with Crippen LogP contribution in [0, 0.1) is 19.8 Å². The molecular formula is C19H20N2O3S2. The van der Waals surface area contributed by atoms with E-state index in [1.807, 2.05) is 31.3 Å². The number of aryl methyl sites for hydroxylation is 2. The molecule has 0 amide bonds. The van der Waals surface area contributed by atoms with Crippen LogP contribution < -0.4 is 4.74 Å². The van der Waals surface area contributed by atoms with E-state index in [-0.39, 0.29) is 4.88 Å². The quantitative estimate of drug-likeness (QED) is 0.622. The number of aromatic carboxylic acids is 1. The smallest absolute Gasteiger partial charge is 0.347 e. The van der Waals surface area contributed by atoms with E-state index in [9.17, 15) is 9.90 Å². The molecule has 0 aliphatic rings. The Labute approximate surface area is 160 Å². The molecule has 0 aliphatic carbocycles. The second kappa shape index (κ2) is 7.55. The molecule has 0 radical (unpaired) electrons. The summed E-state index contributed by atoms with van der Waals surface area (Å²) < 4.78 is 5.99. The summed E-state index contributed by atoms with van der Waals surface area (Å²) in [6.45, 7) is 8.53. The van der Waals surface area contributed by atoms with Crippen LogP contribution in [0.4, 0.5) is 0 Å². The van der Waals surface area contributed by atoms with E-state index in [4.69, 9.17) is 4.74 Å². The fourth-order valence-corrected chi connectivity index (χ4v) is 4.14. The van der Waals surface area contributed by atoms with Gasteiger partial charge in [-0.05, 0) is 38.0 Å². The summed E-state index contributed by atoms with van der Waals surface area (Å²) in [5.41, 5.74) is 2.37. The van der Waals surface area contributed by atoms with Crippen molar-refractivity contribution < 1.29 is 14.6 Å². The molecule has 0 saturated carbocycles. The molecule has 3 rings (SSSR count). The van der Waals surface area contributed by atoms with Crippen molar-refractivity contribution in [2.75, 3.05) is 6.61 Å². The Morgan fingerprint density at radius 1 is 1.27 bits per heavy atom. The van der Waals surface area contributed by atoms with Gasteiger partial charge in [0.1, 0.15) is 15.6 Å². The van der Waals surface area contributed by atoms with E-state index >= 15 is 0 Å². The van der Waals surface area contributed by atoms with Crippen molar-refractivity contribution in [3.05, 3.63) is 40.0 Å². The lowest BCUT2D eigenvalue weighted by Crippen LogP contribution is -2.05. The SMILES string of the molecule is Cc1ncc(-c2cc(-c3nc(C)c(C(=O)O)s3)ccc2OCC(C)C)s1. The van der Waals surface area contributed by atoms with E-state index in [0.29, 0.717) is 23.2 Å². The Morgan fingerprint density at radius 2 is 2.04 bits per heavy atom.